The average molecular weight is 282 g/mol. The molecule has 1 atom stereocenters. The summed E-state index contributed by atoms with van der Waals surface area (Å²) in [6, 6.07) is 2.38. The van der Waals surface area contributed by atoms with E-state index in [0.717, 1.165) is 12.3 Å². The van der Waals surface area contributed by atoms with E-state index >= 15 is 0 Å². The van der Waals surface area contributed by atoms with Crippen molar-refractivity contribution in [3.05, 3.63) is 29.8 Å². The Hall–Kier alpha value is -1.98. The Morgan fingerprint density at radius 2 is 2.05 bits per heavy atom. The van der Waals surface area contributed by atoms with E-state index in [4.69, 9.17) is 5.11 Å². The number of hydrogen-bond donors (Lipinski definition) is 2. The van der Waals surface area contributed by atoms with Crippen molar-refractivity contribution in [3.63, 3.8) is 0 Å². The zero-order chi connectivity index (χ0) is 15.3. The van der Waals surface area contributed by atoms with Gasteiger partial charge in [0, 0.05) is 12.7 Å². The van der Waals surface area contributed by atoms with Crippen LogP contribution in [0.15, 0.2) is 18.3 Å². The van der Waals surface area contributed by atoms with Crippen LogP contribution in [0.25, 0.3) is 0 Å². The molecule has 0 aliphatic rings. The molecule has 1 aromatic rings. The summed E-state index contributed by atoms with van der Waals surface area (Å²) >= 11 is 0. The van der Waals surface area contributed by atoms with Crippen LogP contribution in [-0.4, -0.2) is 28.5 Å². The molecule has 0 saturated carbocycles. The standard InChI is InChI=1S/C14H19FN2O3/c1-14(2,3)6-10(13(19)20)8-17-12(18)9-4-5-11(15)16-7-9/h4-5,7,10H,6,8H2,1-3H3,(H,17,18)(H,19,20). The van der Waals surface area contributed by atoms with Crippen molar-refractivity contribution in [1.82, 2.24) is 10.3 Å². The molecule has 0 aromatic carbocycles. The summed E-state index contributed by atoms with van der Waals surface area (Å²) in [5, 5.41) is 11.7. The number of carbonyl (C=O) groups excluding carboxylic acids is 1. The fraction of sp³-hybridized carbons (Fsp3) is 0.500. The molecule has 1 unspecified atom stereocenters. The zero-order valence-electron chi connectivity index (χ0n) is 11.8. The highest BCUT2D eigenvalue weighted by molar-refractivity contribution is 5.94. The van der Waals surface area contributed by atoms with E-state index in [1.807, 2.05) is 20.8 Å². The summed E-state index contributed by atoms with van der Waals surface area (Å²) in [7, 11) is 0. The smallest absolute Gasteiger partial charge is 0.308 e. The molecule has 1 aromatic heterocycles. The van der Waals surface area contributed by atoms with Gasteiger partial charge in [0.05, 0.1) is 11.5 Å². The molecule has 1 amide bonds. The molecule has 0 aliphatic heterocycles. The van der Waals surface area contributed by atoms with Crippen molar-refractivity contribution < 1.29 is 19.1 Å². The molecule has 110 valence electrons. The molecule has 0 aliphatic carbocycles. The molecule has 6 heteroatoms. The third-order valence-electron chi connectivity index (χ3n) is 2.71. The molecule has 0 fully saturated rings. The lowest BCUT2D eigenvalue weighted by atomic mass is 9.84. The van der Waals surface area contributed by atoms with Crippen LogP contribution in [0, 0.1) is 17.3 Å². The van der Waals surface area contributed by atoms with Crippen LogP contribution in [0.4, 0.5) is 4.39 Å². The van der Waals surface area contributed by atoms with Crippen LogP contribution in [0.3, 0.4) is 0 Å². The minimum atomic E-state index is -0.947. The first-order valence-corrected chi connectivity index (χ1v) is 6.31. The second kappa shape index (κ2) is 6.45. The van der Waals surface area contributed by atoms with Gasteiger partial charge in [-0.15, -0.1) is 0 Å². The molecule has 0 radical (unpaired) electrons. The first kappa shape index (κ1) is 16.1. The Balaban J connectivity index is 2.61. The number of halogens is 1. The Bertz CT molecular complexity index is 480. The predicted molar refractivity (Wildman–Crippen MR) is 71.7 cm³/mol. The molecule has 20 heavy (non-hydrogen) atoms. The summed E-state index contributed by atoms with van der Waals surface area (Å²) in [6.07, 6.45) is 1.56. The Morgan fingerprint density at radius 3 is 2.50 bits per heavy atom. The highest BCUT2D eigenvalue weighted by atomic mass is 19.1. The minimum Gasteiger partial charge on any atom is -0.481 e. The van der Waals surface area contributed by atoms with Gasteiger partial charge in [0.1, 0.15) is 0 Å². The van der Waals surface area contributed by atoms with Crippen LogP contribution in [0.5, 0.6) is 0 Å². The highest BCUT2D eigenvalue weighted by Crippen LogP contribution is 2.24. The number of nitrogens with zero attached hydrogens (tertiary/aromatic N) is 1. The van der Waals surface area contributed by atoms with Gasteiger partial charge in [-0.1, -0.05) is 20.8 Å². The number of nitrogens with one attached hydrogen (secondary N) is 1. The Kier molecular flexibility index (Phi) is 5.19. The summed E-state index contributed by atoms with van der Waals surface area (Å²) in [6.45, 7) is 5.85. The lowest BCUT2D eigenvalue weighted by Gasteiger charge is -2.23. The normalized spacial score (nSPS) is 12.8. The topological polar surface area (TPSA) is 79.3 Å². The molecule has 0 bridgehead atoms. The SMILES string of the molecule is CC(C)(C)CC(CNC(=O)c1ccc(F)nc1)C(=O)O. The highest BCUT2D eigenvalue weighted by Gasteiger charge is 2.25. The van der Waals surface area contributed by atoms with Crippen molar-refractivity contribution >= 4 is 11.9 Å². The third kappa shape index (κ3) is 5.34. The molecule has 0 spiro atoms. The van der Waals surface area contributed by atoms with Crippen molar-refractivity contribution in [2.75, 3.05) is 6.54 Å². The Morgan fingerprint density at radius 1 is 1.40 bits per heavy atom. The van der Waals surface area contributed by atoms with Crippen LogP contribution in [0.2, 0.25) is 0 Å². The number of aromatic nitrogens is 1. The Labute approximate surface area is 117 Å². The zero-order valence-corrected chi connectivity index (χ0v) is 11.8. The average Bonchev–Trinajstić information content (AvgIpc) is 2.33. The minimum absolute atomic E-state index is 0.0306. The number of aliphatic carboxylic acids is 1. The van der Waals surface area contributed by atoms with E-state index in [1.54, 1.807) is 0 Å². The molecular formula is C14H19FN2O3. The van der Waals surface area contributed by atoms with Crippen LogP contribution >= 0.6 is 0 Å². The monoisotopic (exact) mass is 282 g/mol. The molecular weight excluding hydrogens is 263 g/mol. The number of hydrogen-bond acceptors (Lipinski definition) is 3. The van der Waals surface area contributed by atoms with Crippen LogP contribution < -0.4 is 5.32 Å². The first-order valence-electron chi connectivity index (χ1n) is 6.31. The molecule has 1 rings (SSSR count). The van der Waals surface area contributed by atoms with E-state index in [1.165, 1.54) is 6.07 Å². The number of amides is 1. The first-order chi connectivity index (χ1) is 9.19. The molecule has 5 nitrogen and oxygen atoms in total. The number of rotatable bonds is 5. The van der Waals surface area contributed by atoms with E-state index in [9.17, 15) is 14.0 Å². The number of carboxylic acid groups (broad SMARTS) is 1. The van der Waals surface area contributed by atoms with Crippen LogP contribution in [0.1, 0.15) is 37.6 Å². The number of pyridine rings is 1. The van der Waals surface area contributed by atoms with E-state index in [-0.39, 0.29) is 17.5 Å². The van der Waals surface area contributed by atoms with Gasteiger partial charge in [0.25, 0.3) is 5.91 Å². The molecule has 0 saturated heterocycles. The van der Waals surface area contributed by atoms with E-state index < -0.39 is 23.7 Å². The molecule has 2 N–H and O–H groups in total. The predicted octanol–water partition coefficient (Wildman–Crippen LogP) is 2.09. The van der Waals surface area contributed by atoms with E-state index in [0.29, 0.717) is 6.42 Å². The van der Waals surface area contributed by atoms with Gasteiger partial charge in [-0.05, 0) is 24.0 Å². The van der Waals surface area contributed by atoms with Gasteiger partial charge >= 0.3 is 5.97 Å². The summed E-state index contributed by atoms with van der Waals surface area (Å²) in [4.78, 5) is 26.3. The van der Waals surface area contributed by atoms with Gasteiger partial charge in [0.2, 0.25) is 5.95 Å². The lowest BCUT2D eigenvalue weighted by molar-refractivity contribution is -0.142. The number of carbonyl (C=O) groups is 2. The molecule has 1 heterocycles. The third-order valence-corrected chi connectivity index (χ3v) is 2.71. The van der Waals surface area contributed by atoms with Gasteiger partial charge in [0.15, 0.2) is 0 Å². The van der Waals surface area contributed by atoms with Gasteiger partial charge < -0.3 is 10.4 Å². The maximum Gasteiger partial charge on any atom is 0.308 e. The van der Waals surface area contributed by atoms with Crippen molar-refractivity contribution in [2.45, 2.75) is 27.2 Å². The maximum atomic E-state index is 12.6. The van der Waals surface area contributed by atoms with Crippen molar-refractivity contribution in [3.8, 4) is 0 Å². The van der Waals surface area contributed by atoms with Crippen LogP contribution in [-0.2, 0) is 4.79 Å². The van der Waals surface area contributed by atoms with Crippen molar-refractivity contribution in [2.24, 2.45) is 11.3 Å². The van der Waals surface area contributed by atoms with Gasteiger partial charge in [-0.2, -0.15) is 4.39 Å². The fourth-order valence-electron chi connectivity index (χ4n) is 1.81. The quantitative estimate of drug-likeness (QED) is 0.810. The van der Waals surface area contributed by atoms with Gasteiger partial charge in [-0.25, -0.2) is 4.98 Å². The van der Waals surface area contributed by atoms with Gasteiger partial charge in [-0.3, -0.25) is 9.59 Å². The number of carboxylic acids is 1. The summed E-state index contributed by atoms with van der Waals surface area (Å²) in [5.74, 6) is -2.74. The second-order valence-electron chi connectivity index (χ2n) is 5.88. The fourth-order valence-corrected chi connectivity index (χ4v) is 1.81. The van der Waals surface area contributed by atoms with E-state index in [2.05, 4.69) is 10.3 Å². The largest absolute Gasteiger partial charge is 0.481 e. The second-order valence-corrected chi connectivity index (χ2v) is 5.88. The lowest BCUT2D eigenvalue weighted by Crippen LogP contribution is -2.35. The summed E-state index contributed by atoms with van der Waals surface area (Å²) < 4.78 is 12.6. The maximum absolute atomic E-state index is 12.6. The summed E-state index contributed by atoms with van der Waals surface area (Å²) in [5.41, 5.74) is 0.0527. The van der Waals surface area contributed by atoms with Crippen molar-refractivity contribution in [1.29, 1.82) is 0 Å².